The highest BCUT2D eigenvalue weighted by Crippen LogP contribution is 2.14. The summed E-state index contributed by atoms with van der Waals surface area (Å²) in [6, 6.07) is 13.2. The molecule has 0 saturated carbocycles. The molecule has 0 atom stereocenters. The highest BCUT2D eigenvalue weighted by molar-refractivity contribution is 7.90. The van der Waals surface area contributed by atoms with Gasteiger partial charge in [0.1, 0.15) is 5.75 Å². The Labute approximate surface area is 130 Å². The Morgan fingerprint density at radius 1 is 1.00 bits per heavy atom. The molecule has 0 bridgehead atoms. The molecule has 0 unspecified atom stereocenters. The van der Waals surface area contributed by atoms with E-state index < -0.39 is 9.84 Å². The monoisotopic (exact) mass is 316 g/mol. The van der Waals surface area contributed by atoms with Crippen molar-refractivity contribution < 1.29 is 17.9 Å². The Hall–Kier alpha value is -2.40. The Morgan fingerprint density at radius 3 is 2.09 bits per heavy atom. The Kier molecular flexibility index (Phi) is 4.78. The maximum atomic E-state index is 12.0. The van der Waals surface area contributed by atoms with Gasteiger partial charge in [0.15, 0.2) is 15.6 Å². The molecule has 0 fully saturated rings. The number of allylic oxidation sites excluding steroid dienone is 1. The maximum absolute atomic E-state index is 12.0. The van der Waals surface area contributed by atoms with Crippen molar-refractivity contribution in [3.63, 3.8) is 0 Å². The fourth-order valence-corrected chi connectivity index (χ4v) is 2.48. The first-order valence-corrected chi connectivity index (χ1v) is 8.46. The standard InChI is InChI=1S/C17H16O4S/c1-21-15-8-3-13(4-9-15)5-12-17(18)14-6-10-16(11-7-14)22(2,19)20/h3-12H,1-2H3. The first-order chi connectivity index (χ1) is 10.4. The zero-order valence-electron chi connectivity index (χ0n) is 12.3. The molecule has 2 rings (SSSR count). The van der Waals surface area contributed by atoms with E-state index in [1.165, 1.54) is 30.3 Å². The molecule has 0 spiro atoms. The lowest BCUT2D eigenvalue weighted by Gasteiger charge is -2.00. The molecule has 0 aliphatic carbocycles. The summed E-state index contributed by atoms with van der Waals surface area (Å²) < 4.78 is 27.8. The minimum absolute atomic E-state index is 0.184. The zero-order valence-corrected chi connectivity index (χ0v) is 13.1. The molecule has 4 nitrogen and oxygen atoms in total. The summed E-state index contributed by atoms with van der Waals surface area (Å²) in [7, 11) is -1.66. The van der Waals surface area contributed by atoms with Crippen molar-refractivity contribution in [2.45, 2.75) is 4.90 Å². The van der Waals surface area contributed by atoms with Crippen LogP contribution in [0.15, 0.2) is 59.5 Å². The average Bonchev–Trinajstić information content (AvgIpc) is 2.52. The molecular formula is C17H16O4S. The smallest absolute Gasteiger partial charge is 0.185 e. The number of ether oxygens (including phenoxy) is 1. The lowest BCUT2D eigenvalue weighted by molar-refractivity contribution is 0.104. The van der Waals surface area contributed by atoms with Crippen LogP contribution in [0.1, 0.15) is 15.9 Å². The van der Waals surface area contributed by atoms with E-state index in [-0.39, 0.29) is 10.7 Å². The van der Waals surface area contributed by atoms with Crippen LogP contribution in [0.3, 0.4) is 0 Å². The van der Waals surface area contributed by atoms with Gasteiger partial charge in [-0.1, -0.05) is 18.2 Å². The Balaban J connectivity index is 2.12. The number of rotatable bonds is 5. The lowest BCUT2D eigenvalue weighted by atomic mass is 10.1. The van der Waals surface area contributed by atoms with Crippen molar-refractivity contribution in [2.75, 3.05) is 13.4 Å². The van der Waals surface area contributed by atoms with Crippen LogP contribution in [-0.4, -0.2) is 27.6 Å². The van der Waals surface area contributed by atoms with Crippen molar-refractivity contribution in [1.82, 2.24) is 0 Å². The van der Waals surface area contributed by atoms with Crippen LogP contribution in [0, 0.1) is 0 Å². The van der Waals surface area contributed by atoms with Crippen LogP contribution in [-0.2, 0) is 9.84 Å². The van der Waals surface area contributed by atoms with E-state index in [1.807, 2.05) is 24.3 Å². The van der Waals surface area contributed by atoms with Crippen LogP contribution < -0.4 is 4.74 Å². The minimum atomic E-state index is -3.25. The number of carbonyl (C=O) groups excluding carboxylic acids is 1. The van der Waals surface area contributed by atoms with E-state index in [9.17, 15) is 13.2 Å². The number of hydrogen-bond acceptors (Lipinski definition) is 4. The van der Waals surface area contributed by atoms with E-state index >= 15 is 0 Å². The molecule has 2 aromatic carbocycles. The number of carbonyl (C=O) groups is 1. The Bertz CT molecular complexity index is 786. The van der Waals surface area contributed by atoms with Gasteiger partial charge in [-0.25, -0.2) is 8.42 Å². The normalized spacial score (nSPS) is 11.5. The molecule has 0 N–H and O–H groups in total. The third kappa shape index (κ3) is 4.05. The highest BCUT2D eigenvalue weighted by Gasteiger charge is 2.08. The average molecular weight is 316 g/mol. The van der Waals surface area contributed by atoms with Gasteiger partial charge >= 0.3 is 0 Å². The van der Waals surface area contributed by atoms with Gasteiger partial charge in [0.25, 0.3) is 0 Å². The van der Waals surface area contributed by atoms with E-state index in [2.05, 4.69) is 0 Å². The molecule has 0 saturated heterocycles. The number of methoxy groups -OCH3 is 1. The largest absolute Gasteiger partial charge is 0.497 e. The summed E-state index contributed by atoms with van der Waals surface area (Å²) in [6.07, 6.45) is 4.29. The molecule has 0 amide bonds. The van der Waals surface area contributed by atoms with E-state index in [0.717, 1.165) is 17.6 Å². The second kappa shape index (κ2) is 6.58. The third-order valence-electron chi connectivity index (χ3n) is 3.11. The second-order valence-electron chi connectivity index (χ2n) is 4.77. The fourth-order valence-electron chi connectivity index (χ4n) is 1.85. The van der Waals surface area contributed by atoms with Crippen LogP contribution in [0.4, 0.5) is 0 Å². The first-order valence-electron chi connectivity index (χ1n) is 6.57. The predicted octanol–water partition coefficient (Wildman–Crippen LogP) is 2.99. The van der Waals surface area contributed by atoms with Crippen molar-refractivity contribution >= 4 is 21.7 Å². The molecule has 2 aromatic rings. The predicted molar refractivity (Wildman–Crippen MR) is 85.9 cm³/mol. The summed E-state index contributed by atoms with van der Waals surface area (Å²) in [6.45, 7) is 0. The van der Waals surface area contributed by atoms with E-state index in [4.69, 9.17) is 4.74 Å². The Morgan fingerprint density at radius 2 is 1.59 bits per heavy atom. The molecule has 0 aliphatic rings. The molecular weight excluding hydrogens is 300 g/mol. The topological polar surface area (TPSA) is 60.4 Å². The van der Waals surface area contributed by atoms with Gasteiger partial charge in [0.05, 0.1) is 12.0 Å². The minimum Gasteiger partial charge on any atom is -0.497 e. The second-order valence-corrected chi connectivity index (χ2v) is 6.78. The molecule has 0 radical (unpaired) electrons. The quantitative estimate of drug-likeness (QED) is 0.628. The summed E-state index contributed by atoms with van der Waals surface area (Å²) >= 11 is 0. The van der Waals surface area contributed by atoms with Crippen molar-refractivity contribution in [3.8, 4) is 5.75 Å². The SMILES string of the molecule is COc1ccc(C=CC(=O)c2ccc(S(C)(=O)=O)cc2)cc1. The van der Waals surface area contributed by atoms with Gasteiger partial charge < -0.3 is 4.74 Å². The van der Waals surface area contributed by atoms with Crippen molar-refractivity contribution in [3.05, 3.63) is 65.7 Å². The summed E-state index contributed by atoms with van der Waals surface area (Å²) in [5, 5.41) is 0. The number of sulfone groups is 1. The molecule has 5 heteroatoms. The van der Waals surface area contributed by atoms with Gasteiger partial charge in [0, 0.05) is 11.8 Å². The molecule has 114 valence electrons. The molecule has 0 aliphatic heterocycles. The molecule has 22 heavy (non-hydrogen) atoms. The van der Waals surface area contributed by atoms with Crippen molar-refractivity contribution in [1.29, 1.82) is 0 Å². The molecule has 0 aromatic heterocycles. The summed E-state index contributed by atoms with van der Waals surface area (Å²) in [5.74, 6) is 0.565. The zero-order chi connectivity index (χ0) is 16.2. The van der Waals surface area contributed by atoms with Gasteiger partial charge in [-0.05, 0) is 48.0 Å². The first kappa shape index (κ1) is 16.0. The van der Waals surface area contributed by atoms with Gasteiger partial charge in [-0.15, -0.1) is 0 Å². The van der Waals surface area contributed by atoms with Gasteiger partial charge in [-0.3, -0.25) is 4.79 Å². The van der Waals surface area contributed by atoms with Crippen LogP contribution in [0.2, 0.25) is 0 Å². The number of benzene rings is 2. The van der Waals surface area contributed by atoms with E-state index in [1.54, 1.807) is 13.2 Å². The third-order valence-corrected chi connectivity index (χ3v) is 4.24. The van der Waals surface area contributed by atoms with Crippen LogP contribution in [0.5, 0.6) is 5.75 Å². The maximum Gasteiger partial charge on any atom is 0.185 e. The summed E-state index contributed by atoms with van der Waals surface area (Å²) in [4.78, 5) is 12.2. The van der Waals surface area contributed by atoms with Crippen molar-refractivity contribution in [2.24, 2.45) is 0 Å². The highest BCUT2D eigenvalue weighted by atomic mass is 32.2. The van der Waals surface area contributed by atoms with Gasteiger partial charge in [-0.2, -0.15) is 0 Å². The number of ketones is 1. The van der Waals surface area contributed by atoms with Gasteiger partial charge in [0.2, 0.25) is 0 Å². The van der Waals surface area contributed by atoms with Crippen LogP contribution >= 0.6 is 0 Å². The van der Waals surface area contributed by atoms with Crippen LogP contribution in [0.25, 0.3) is 6.08 Å². The molecule has 0 heterocycles. The lowest BCUT2D eigenvalue weighted by Crippen LogP contribution is -1.99. The number of hydrogen-bond donors (Lipinski definition) is 0. The summed E-state index contributed by atoms with van der Waals surface area (Å²) in [5.41, 5.74) is 1.32. The fraction of sp³-hybridized carbons (Fsp3) is 0.118. The van der Waals surface area contributed by atoms with E-state index in [0.29, 0.717) is 5.56 Å².